The molecule has 42 heavy (non-hydrogen) atoms. The molecule has 5 nitrogen and oxygen atoms in total. The van der Waals surface area contributed by atoms with Crippen LogP contribution in [0.3, 0.4) is 0 Å². The van der Waals surface area contributed by atoms with Gasteiger partial charge < -0.3 is 10.0 Å². The van der Waals surface area contributed by atoms with Crippen LogP contribution in [0.25, 0.3) is 0 Å². The first-order valence-corrected chi connectivity index (χ1v) is 17.0. The summed E-state index contributed by atoms with van der Waals surface area (Å²) in [7, 11) is 0.862. The maximum Gasteiger partial charge on any atom is 0.175 e. The van der Waals surface area contributed by atoms with Crippen LogP contribution in [0.2, 0.25) is 0 Å². The van der Waals surface area contributed by atoms with Crippen LogP contribution in [0.15, 0.2) is 76.2 Å². The zero-order valence-electron chi connectivity index (χ0n) is 25.1. The predicted octanol–water partition coefficient (Wildman–Crippen LogP) is 6.03. The largest absolute Gasteiger partial charge is 0.378 e. The molecule has 220 valence electrons. The fourth-order valence-corrected chi connectivity index (χ4v) is 8.95. The van der Waals surface area contributed by atoms with Crippen LogP contribution in [-0.4, -0.2) is 45.3 Å². The molecule has 0 saturated heterocycles. The molecule has 0 heterocycles. The molecule has 2 saturated carbocycles. The lowest BCUT2D eigenvalue weighted by atomic mass is 9.51. The maximum absolute atomic E-state index is 12.3. The standard InChI is InChI=1S/C36H41NO4S/c1-35-23-32(25-9-12-27(13-10-25)37(2)3)34-30-18-14-28(38)22-26(30)11-17-31(34)33(35)19-21-36(35,39)20-5-6-24-7-15-29(16-8-24)42(4,40)41/h7-10,12-13,15-16,22,31-33,39H,6,11,14,17-19,21,23H2,1-4H3/t31-,32+,33-,35-,36-/m0/s1/i4+2. The van der Waals surface area contributed by atoms with Gasteiger partial charge in [0.2, 0.25) is 0 Å². The van der Waals surface area contributed by atoms with Crippen molar-refractivity contribution in [1.29, 1.82) is 0 Å². The normalized spacial score (nSPS) is 30.5. The highest BCUT2D eigenvalue weighted by Gasteiger charge is 2.62. The molecule has 2 fully saturated rings. The number of nitrogens with zero attached hydrogens (tertiary/aromatic N) is 1. The molecular weight excluding hydrogens is 544 g/mol. The molecule has 6 rings (SSSR count). The van der Waals surface area contributed by atoms with E-state index in [2.05, 4.69) is 62.0 Å². The number of aliphatic hydroxyl groups is 1. The molecule has 2 aromatic carbocycles. The van der Waals surface area contributed by atoms with Gasteiger partial charge in [-0.2, -0.15) is 0 Å². The van der Waals surface area contributed by atoms with Crippen LogP contribution in [0, 0.1) is 29.1 Å². The van der Waals surface area contributed by atoms with E-state index >= 15 is 0 Å². The molecule has 4 aliphatic rings. The van der Waals surface area contributed by atoms with Crippen molar-refractivity contribution in [2.24, 2.45) is 17.3 Å². The van der Waals surface area contributed by atoms with Gasteiger partial charge in [-0.15, -0.1) is 0 Å². The third kappa shape index (κ3) is 4.95. The Bertz CT molecular complexity index is 1640. The Labute approximate surface area is 250 Å². The molecule has 6 heteroatoms. The lowest BCUT2D eigenvalue weighted by Crippen LogP contribution is -2.51. The highest BCUT2D eigenvalue weighted by molar-refractivity contribution is 7.90. The van der Waals surface area contributed by atoms with E-state index in [1.807, 2.05) is 18.2 Å². The van der Waals surface area contributed by atoms with Crippen molar-refractivity contribution in [3.05, 3.63) is 82.5 Å². The molecule has 0 amide bonds. The van der Waals surface area contributed by atoms with Crippen molar-refractivity contribution in [2.45, 2.75) is 74.7 Å². The van der Waals surface area contributed by atoms with E-state index in [-0.39, 0.29) is 17.1 Å². The van der Waals surface area contributed by atoms with Gasteiger partial charge in [0.25, 0.3) is 0 Å². The smallest absolute Gasteiger partial charge is 0.175 e. The van der Waals surface area contributed by atoms with Gasteiger partial charge in [0, 0.05) is 50.2 Å². The van der Waals surface area contributed by atoms with Gasteiger partial charge in [-0.25, -0.2) is 8.42 Å². The van der Waals surface area contributed by atoms with Gasteiger partial charge in [-0.05, 0) is 103 Å². The first-order valence-electron chi connectivity index (χ1n) is 15.1. The van der Waals surface area contributed by atoms with Crippen LogP contribution >= 0.6 is 0 Å². The van der Waals surface area contributed by atoms with E-state index in [1.54, 1.807) is 12.1 Å². The topological polar surface area (TPSA) is 74.7 Å². The molecule has 4 aliphatic carbocycles. The lowest BCUT2D eigenvalue weighted by molar-refractivity contribution is -0.114. The Morgan fingerprint density at radius 3 is 2.40 bits per heavy atom. The number of hydrogen-bond acceptors (Lipinski definition) is 5. The summed E-state index contributed by atoms with van der Waals surface area (Å²) in [6, 6.07) is 15.7. The van der Waals surface area contributed by atoms with Crippen molar-refractivity contribution in [3.63, 3.8) is 0 Å². The van der Waals surface area contributed by atoms with E-state index in [0.717, 1.165) is 43.4 Å². The Hall–Kier alpha value is -3.14. The molecule has 1 N–H and O–H groups in total. The van der Waals surface area contributed by atoms with Crippen LogP contribution < -0.4 is 4.90 Å². The van der Waals surface area contributed by atoms with E-state index in [9.17, 15) is 18.3 Å². The fourth-order valence-electron chi connectivity index (χ4n) is 8.32. The second kappa shape index (κ2) is 10.5. The molecular formula is C36H41NO4S. The summed E-state index contributed by atoms with van der Waals surface area (Å²) >= 11 is 0. The van der Waals surface area contributed by atoms with Crippen molar-refractivity contribution >= 4 is 21.3 Å². The first kappa shape index (κ1) is 29.0. The minimum Gasteiger partial charge on any atom is -0.378 e. The van der Waals surface area contributed by atoms with E-state index in [4.69, 9.17) is 0 Å². The van der Waals surface area contributed by atoms with Crippen LogP contribution in [0.4, 0.5) is 5.69 Å². The zero-order chi connectivity index (χ0) is 29.9. The number of ketones is 1. The summed E-state index contributed by atoms with van der Waals surface area (Å²) in [5, 5.41) is 12.3. The number of carbonyl (C=O) groups excluding carboxylic acids is 1. The van der Waals surface area contributed by atoms with Crippen molar-refractivity contribution in [2.75, 3.05) is 25.3 Å². The first-order chi connectivity index (χ1) is 19.9. The highest BCUT2D eigenvalue weighted by atomic mass is 32.2. The third-order valence-electron chi connectivity index (χ3n) is 10.6. The van der Waals surface area contributed by atoms with Crippen LogP contribution in [-0.2, 0) is 21.1 Å². The van der Waals surface area contributed by atoms with E-state index < -0.39 is 15.4 Å². The molecule has 0 bridgehead atoms. The maximum atomic E-state index is 12.3. The van der Waals surface area contributed by atoms with Gasteiger partial charge in [-0.3, -0.25) is 4.79 Å². The van der Waals surface area contributed by atoms with Gasteiger partial charge in [0.05, 0.1) is 4.90 Å². The fraction of sp³-hybridized carbons (Fsp3) is 0.472. The van der Waals surface area contributed by atoms with Gasteiger partial charge >= 0.3 is 0 Å². The summed E-state index contributed by atoms with van der Waals surface area (Å²) in [6.07, 6.45) is 9.35. The monoisotopic (exact) mass is 585 g/mol. The van der Waals surface area contributed by atoms with Crippen LogP contribution in [0.5, 0.6) is 0 Å². The Morgan fingerprint density at radius 2 is 1.74 bits per heavy atom. The van der Waals surface area contributed by atoms with E-state index in [1.165, 1.54) is 28.5 Å². The molecule has 0 aliphatic heterocycles. The molecule has 0 spiro atoms. The number of allylic oxidation sites excluding steroid dienone is 4. The number of rotatable bonds is 4. The highest BCUT2D eigenvalue weighted by Crippen LogP contribution is 2.66. The van der Waals surface area contributed by atoms with Gasteiger partial charge in [0.1, 0.15) is 5.60 Å². The summed E-state index contributed by atoms with van der Waals surface area (Å²) in [6.45, 7) is 2.26. The molecule has 0 radical (unpaired) electrons. The number of benzene rings is 2. The quantitative estimate of drug-likeness (QED) is 0.444. The summed E-state index contributed by atoms with van der Waals surface area (Å²) in [5.41, 5.74) is 6.08. The molecule has 0 unspecified atom stereocenters. The Kier molecular flexibility index (Phi) is 7.27. The van der Waals surface area contributed by atoms with Gasteiger partial charge in [-0.1, -0.05) is 48.6 Å². The molecule has 5 atom stereocenters. The number of anilines is 1. The Balaban J connectivity index is 1.36. The second-order valence-corrected chi connectivity index (χ2v) is 15.3. The van der Waals surface area contributed by atoms with Gasteiger partial charge in [0.15, 0.2) is 15.6 Å². The van der Waals surface area contributed by atoms with Crippen molar-refractivity contribution in [1.82, 2.24) is 0 Å². The summed E-state index contributed by atoms with van der Waals surface area (Å²) < 4.78 is 23.7. The zero-order valence-corrected chi connectivity index (χ0v) is 25.9. The average Bonchev–Trinajstić information content (AvgIpc) is 3.22. The molecule has 2 aromatic rings. The minimum absolute atomic E-state index is 0.175. The third-order valence-corrected chi connectivity index (χ3v) is 11.8. The summed E-state index contributed by atoms with van der Waals surface area (Å²) in [5.74, 6) is 7.77. The van der Waals surface area contributed by atoms with Crippen molar-refractivity contribution in [3.8, 4) is 11.8 Å². The average molecular weight is 586 g/mol. The predicted molar refractivity (Wildman–Crippen MR) is 167 cm³/mol. The minimum atomic E-state index is -3.24. The van der Waals surface area contributed by atoms with Crippen molar-refractivity contribution < 1.29 is 18.3 Å². The van der Waals surface area contributed by atoms with Crippen LogP contribution in [0.1, 0.15) is 68.9 Å². The lowest BCUT2D eigenvalue weighted by Gasteiger charge is -2.53. The Morgan fingerprint density at radius 1 is 1.02 bits per heavy atom. The molecule has 0 aromatic heterocycles. The summed E-state index contributed by atoms with van der Waals surface area (Å²) in [4.78, 5) is 14.7. The number of carbonyl (C=O) groups is 1. The SMILES string of the molecule is CN(C)c1ccc([C@H]2C[C@@]3(C)[C@@H](CC[C@@]3(O)C#CCc3ccc(S([14CH3])(=O)=O)cc3)[C@@H]3CCC4=CC(=O)CCC4=C32)cc1. The number of fused-ring (bicyclic) bond motifs is 4. The second-order valence-electron chi connectivity index (χ2n) is 13.3. The number of hydrogen-bond donors (Lipinski definition) is 1. The van der Waals surface area contributed by atoms with E-state index in [0.29, 0.717) is 36.0 Å². The number of sulfone groups is 1.